The standard InChI is InChI=1S/C26H26FN3O3/c27-22-8-2-6-20(15-22)25-28-26(33-29-25)21-7-3-13-30(16-21)24(32)12-11-23(31)19-10-9-17-4-1-5-18(17)14-19/h2,6,8-10,14-15,21H,1,3-5,7,11-13,16H2. The molecule has 0 bridgehead atoms. The lowest BCUT2D eigenvalue weighted by molar-refractivity contribution is -0.132. The fourth-order valence-corrected chi connectivity index (χ4v) is 4.82. The molecule has 5 rings (SSSR count). The monoisotopic (exact) mass is 447 g/mol. The van der Waals surface area contributed by atoms with E-state index < -0.39 is 0 Å². The Labute approximate surface area is 191 Å². The molecular formula is C26H26FN3O3. The fourth-order valence-electron chi connectivity index (χ4n) is 4.82. The van der Waals surface area contributed by atoms with Crippen molar-refractivity contribution in [3.8, 4) is 11.4 Å². The Morgan fingerprint density at radius 1 is 1.06 bits per heavy atom. The summed E-state index contributed by atoms with van der Waals surface area (Å²) in [7, 11) is 0. The summed E-state index contributed by atoms with van der Waals surface area (Å²) in [6.07, 6.45) is 5.33. The van der Waals surface area contributed by atoms with E-state index in [2.05, 4.69) is 16.2 Å². The maximum atomic E-state index is 13.5. The summed E-state index contributed by atoms with van der Waals surface area (Å²) in [5.74, 6) is 0.365. The largest absolute Gasteiger partial charge is 0.342 e. The first-order chi connectivity index (χ1) is 16.1. The predicted molar refractivity (Wildman–Crippen MR) is 120 cm³/mol. The Morgan fingerprint density at radius 3 is 2.82 bits per heavy atom. The molecule has 2 heterocycles. The Hall–Kier alpha value is -3.35. The quantitative estimate of drug-likeness (QED) is 0.511. The van der Waals surface area contributed by atoms with Crippen molar-refractivity contribution in [1.82, 2.24) is 15.0 Å². The molecule has 3 aromatic rings. The zero-order chi connectivity index (χ0) is 22.8. The highest BCUT2D eigenvalue weighted by molar-refractivity contribution is 5.98. The third kappa shape index (κ3) is 4.72. The number of hydrogen-bond acceptors (Lipinski definition) is 5. The van der Waals surface area contributed by atoms with E-state index in [-0.39, 0.29) is 36.3 Å². The van der Waals surface area contributed by atoms with Gasteiger partial charge in [-0.2, -0.15) is 4.98 Å². The van der Waals surface area contributed by atoms with E-state index in [0.29, 0.717) is 35.9 Å². The minimum Gasteiger partial charge on any atom is -0.342 e. The molecule has 6 nitrogen and oxygen atoms in total. The number of halogens is 1. The van der Waals surface area contributed by atoms with Crippen molar-refractivity contribution >= 4 is 11.7 Å². The number of carbonyl (C=O) groups is 2. The van der Waals surface area contributed by atoms with Crippen LogP contribution in [-0.4, -0.2) is 39.8 Å². The number of likely N-dealkylation sites (tertiary alicyclic amines) is 1. The maximum Gasteiger partial charge on any atom is 0.231 e. The average Bonchev–Trinajstić information content (AvgIpc) is 3.52. The second kappa shape index (κ2) is 9.25. The molecule has 0 spiro atoms. The van der Waals surface area contributed by atoms with Crippen molar-refractivity contribution in [2.75, 3.05) is 13.1 Å². The van der Waals surface area contributed by atoms with Crippen LogP contribution in [-0.2, 0) is 17.6 Å². The zero-order valence-corrected chi connectivity index (χ0v) is 18.4. The van der Waals surface area contributed by atoms with Gasteiger partial charge in [-0.1, -0.05) is 29.4 Å². The van der Waals surface area contributed by atoms with E-state index in [1.54, 1.807) is 17.0 Å². The first-order valence-electron chi connectivity index (χ1n) is 11.6. The van der Waals surface area contributed by atoms with Gasteiger partial charge in [0.15, 0.2) is 5.78 Å². The molecule has 170 valence electrons. The molecule has 1 amide bonds. The van der Waals surface area contributed by atoms with Crippen LogP contribution in [0.15, 0.2) is 47.0 Å². The van der Waals surface area contributed by atoms with E-state index in [0.717, 1.165) is 32.1 Å². The van der Waals surface area contributed by atoms with Crippen molar-refractivity contribution in [1.29, 1.82) is 0 Å². The molecule has 1 aromatic heterocycles. The SMILES string of the molecule is O=C(CCC(=O)N1CCCC(c2nc(-c3cccc(F)c3)no2)C1)c1ccc2c(c1)CCC2. The summed E-state index contributed by atoms with van der Waals surface area (Å²) in [6.45, 7) is 1.14. The molecule has 33 heavy (non-hydrogen) atoms. The molecule has 1 aliphatic carbocycles. The fraction of sp³-hybridized carbons (Fsp3) is 0.385. The topological polar surface area (TPSA) is 76.3 Å². The number of fused-ring (bicyclic) bond motifs is 1. The van der Waals surface area contributed by atoms with Crippen molar-refractivity contribution < 1.29 is 18.5 Å². The zero-order valence-electron chi connectivity index (χ0n) is 18.4. The number of carbonyl (C=O) groups excluding carboxylic acids is 2. The van der Waals surface area contributed by atoms with Crippen LogP contribution in [0.5, 0.6) is 0 Å². The lowest BCUT2D eigenvalue weighted by Crippen LogP contribution is -2.39. The van der Waals surface area contributed by atoms with Crippen LogP contribution in [0.4, 0.5) is 4.39 Å². The molecule has 0 radical (unpaired) electrons. The summed E-state index contributed by atoms with van der Waals surface area (Å²) >= 11 is 0. The molecule has 7 heteroatoms. The summed E-state index contributed by atoms with van der Waals surface area (Å²) in [6, 6.07) is 12.0. The lowest BCUT2D eigenvalue weighted by atomic mass is 9.97. The molecule has 1 fully saturated rings. The van der Waals surface area contributed by atoms with Gasteiger partial charge in [-0.05, 0) is 61.4 Å². The molecule has 1 saturated heterocycles. The summed E-state index contributed by atoms with van der Waals surface area (Å²) in [4.78, 5) is 31.7. The number of nitrogens with zero attached hydrogens (tertiary/aromatic N) is 3. The van der Waals surface area contributed by atoms with Gasteiger partial charge in [0.1, 0.15) is 5.82 Å². The molecule has 2 aromatic carbocycles. The second-order valence-electron chi connectivity index (χ2n) is 8.91. The number of benzene rings is 2. The molecule has 0 N–H and O–H groups in total. The molecule has 2 aliphatic rings. The van der Waals surface area contributed by atoms with Gasteiger partial charge in [0.2, 0.25) is 17.6 Å². The number of amides is 1. The summed E-state index contributed by atoms with van der Waals surface area (Å²) < 4.78 is 18.9. The van der Waals surface area contributed by atoms with Gasteiger partial charge >= 0.3 is 0 Å². The first kappa shape index (κ1) is 21.5. The molecule has 0 saturated carbocycles. The number of aryl methyl sites for hydroxylation is 2. The third-order valence-corrected chi connectivity index (χ3v) is 6.63. The highest BCUT2D eigenvalue weighted by Crippen LogP contribution is 2.28. The average molecular weight is 448 g/mol. The van der Waals surface area contributed by atoms with Crippen LogP contribution in [0.1, 0.15) is 65.4 Å². The van der Waals surface area contributed by atoms with Crippen LogP contribution >= 0.6 is 0 Å². The van der Waals surface area contributed by atoms with Crippen LogP contribution in [0.25, 0.3) is 11.4 Å². The Kier molecular flexibility index (Phi) is 6.03. The number of Topliss-reactive ketones (excluding diaryl/α,β-unsaturated/α-hetero) is 1. The lowest BCUT2D eigenvalue weighted by Gasteiger charge is -2.31. The molecule has 1 aliphatic heterocycles. The van der Waals surface area contributed by atoms with Crippen LogP contribution < -0.4 is 0 Å². The predicted octanol–water partition coefficient (Wildman–Crippen LogP) is 4.73. The minimum atomic E-state index is -0.359. The third-order valence-electron chi connectivity index (χ3n) is 6.63. The van der Waals surface area contributed by atoms with Crippen LogP contribution in [0.2, 0.25) is 0 Å². The Bertz CT molecular complexity index is 1190. The Morgan fingerprint density at radius 2 is 1.94 bits per heavy atom. The van der Waals surface area contributed by atoms with E-state index in [4.69, 9.17) is 4.52 Å². The molecule has 1 atom stereocenters. The summed E-state index contributed by atoms with van der Waals surface area (Å²) in [5.41, 5.74) is 3.86. The highest BCUT2D eigenvalue weighted by Gasteiger charge is 2.29. The highest BCUT2D eigenvalue weighted by atomic mass is 19.1. The second-order valence-corrected chi connectivity index (χ2v) is 8.91. The normalized spacial score (nSPS) is 17.7. The van der Waals surface area contributed by atoms with Gasteiger partial charge in [0.25, 0.3) is 0 Å². The summed E-state index contributed by atoms with van der Waals surface area (Å²) in [5, 5.41) is 3.99. The smallest absolute Gasteiger partial charge is 0.231 e. The number of piperidine rings is 1. The van der Waals surface area contributed by atoms with Crippen molar-refractivity contribution in [2.24, 2.45) is 0 Å². The van der Waals surface area contributed by atoms with Gasteiger partial charge in [-0.15, -0.1) is 0 Å². The van der Waals surface area contributed by atoms with Crippen molar-refractivity contribution in [3.63, 3.8) is 0 Å². The van der Waals surface area contributed by atoms with E-state index in [1.165, 1.54) is 23.3 Å². The first-order valence-corrected chi connectivity index (χ1v) is 11.6. The van der Waals surface area contributed by atoms with Gasteiger partial charge < -0.3 is 9.42 Å². The molecular weight excluding hydrogens is 421 g/mol. The van der Waals surface area contributed by atoms with Gasteiger partial charge in [-0.25, -0.2) is 4.39 Å². The van der Waals surface area contributed by atoms with Gasteiger partial charge in [0.05, 0.1) is 5.92 Å². The number of hydrogen-bond donors (Lipinski definition) is 0. The number of aromatic nitrogens is 2. The van der Waals surface area contributed by atoms with Gasteiger partial charge in [0, 0.05) is 37.1 Å². The van der Waals surface area contributed by atoms with Gasteiger partial charge in [-0.3, -0.25) is 9.59 Å². The van der Waals surface area contributed by atoms with Crippen LogP contribution in [0.3, 0.4) is 0 Å². The Balaban J connectivity index is 1.18. The van der Waals surface area contributed by atoms with E-state index in [1.807, 2.05) is 12.1 Å². The number of ketones is 1. The molecule has 1 unspecified atom stereocenters. The van der Waals surface area contributed by atoms with Crippen molar-refractivity contribution in [3.05, 3.63) is 70.9 Å². The van der Waals surface area contributed by atoms with Crippen molar-refractivity contribution in [2.45, 2.75) is 50.9 Å². The van der Waals surface area contributed by atoms with Crippen LogP contribution in [0, 0.1) is 5.82 Å². The number of rotatable bonds is 6. The maximum absolute atomic E-state index is 13.5. The minimum absolute atomic E-state index is 0.0169. The van der Waals surface area contributed by atoms with E-state index >= 15 is 0 Å². The van der Waals surface area contributed by atoms with E-state index in [9.17, 15) is 14.0 Å².